The normalized spacial score (nSPS) is 11.8. The summed E-state index contributed by atoms with van der Waals surface area (Å²) in [6, 6.07) is 18.4. The maximum absolute atomic E-state index is 14.2. The molecule has 33 heavy (non-hydrogen) atoms. The minimum absolute atomic E-state index is 0.116. The van der Waals surface area contributed by atoms with Crippen LogP contribution in [0.4, 0.5) is 22.0 Å². The van der Waals surface area contributed by atoms with Gasteiger partial charge >= 0.3 is 0 Å². The van der Waals surface area contributed by atoms with E-state index in [1.807, 2.05) is 24.1 Å². The standard InChI is InChI=1S/C25H26FN7/c1-17(14-18-6-5-7-19(15-18)16-27)30-25-29-13-11-23(32-25)33(2)22-10-12-28-24(31-22)20-8-3-4-9-21(20)26/h3-13,15,17H,14,16,27H2,1-2H3,(H,29,30,32)/t17-/m0/s1. The molecule has 7 nitrogen and oxygen atoms in total. The van der Waals surface area contributed by atoms with Gasteiger partial charge in [0.1, 0.15) is 17.5 Å². The predicted molar refractivity (Wildman–Crippen MR) is 129 cm³/mol. The summed E-state index contributed by atoms with van der Waals surface area (Å²) in [6.07, 6.45) is 4.12. The van der Waals surface area contributed by atoms with Crippen LogP contribution in [0.1, 0.15) is 18.1 Å². The summed E-state index contributed by atoms with van der Waals surface area (Å²) in [6.45, 7) is 2.61. The minimum atomic E-state index is -0.364. The fourth-order valence-electron chi connectivity index (χ4n) is 3.54. The Morgan fingerprint density at radius 2 is 1.67 bits per heavy atom. The predicted octanol–water partition coefficient (Wildman–Crippen LogP) is 4.34. The molecule has 2 aromatic carbocycles. The molecule has 0 radical (unpaired) electrons. The summed E-state index contributed by atoms with van der Waals surface area (Å²) in [5.74, 6) is 1.72. The minimum Gasteiger partial charge on any atom is -0.351 e. The average Bonchev–Trinajstić information content (AvgIpc) is 2.84. The highest BCUT2D eigenvalue weighted by Gasteiger charge is 2.13. The van der Waals surface area contributed by atoms with Gasteiger partial charge in [0.05, 0.1) is 5.56 Å². The number of aromatic nitrogens is 4. The lowest BCUT2D eigenvalue weighted by atomic mass is 10.0. The van der Waals surface area contributed by atoms with Crippen molar-refractivity contribution < 1.29 is 4.39 Å². The number of halogens is 1. The molecule has 3 N–H and O–H groups in total. The molecule has 0 aliphatic heterocycles. The van der Waals surface area contributed by atoms with E-state index in [-0.39, 0.29) is 11.9 Å². The van der Waals surface area contributed by atoms with Crippen LogP contribution in [0.15, 0.2) is 73.1 Å². The molecular weight excluding hydrogens is 417 g/mol. The van der Waals surface area contributed by atoms with E-state index < -0.39 is 0 Å². The Kier molecular flexibility index (Phi) is 6.85. The topological polar surface area (TPSA) is 92.8 Å². The van der Waals surface area contributed by atoms with Crippen LogP contribution in [0.5, 0.6) is 0 Å². The van der Waals surface area contributed by atoms with Crippen LogP contribution in [0.25, 0.3) is 11.4 Å². The van der Waals surface area contributed by atoms with Crippen molar-refractivity contribution in [3.8, 4) is 11.4 Å². The SMILES string of the molecule is C[C@@H](Cc1cccc(CN)c1)Nc1nccc(N(C)c2ccnc(-c3ccccc3F)n2)n1. The van der Waals surface area contributed by atoms with E-state index in [1.54, 1.807) is 42.7 Å². The molecule has 0 spiro atoms. The van der Waals surface area contributed by atoms with Crippen LogP contribution in [-0.4, -0.2) is 33.0 Å². The summed E-state index contributed by atoms with van der Waals surface area (Å²) in [7, 11) is 1.85. The first-order chi connectivity index (χ1) is 16.0. The number of anilines is 3. The molecule has 2 aromatic heterocycles. The van der Waals surface area contributed by atoms with E-state index in [9.17, 15) is 4.39 Å². The first-order valence-electron chi connectivity index (χ1n) is 10.7. The molecule has 4 rings (SSSR count). The lowest BCUT2D eigenvalue weighted by Crippen LogP contribution is -2.21. The largest absolute Gasteiger partial charge is 0.351 e. The van der Waals surface area contributed by atoms with Gasteiger partial charge < -0.3 is 16.0 Å². The van der Waals surface area contributed by atoms with E-state index in [2.05, 4.69) is 44.3 Å². The number of hydrogen-bond donors (Lipinski definition) is 2. The zero-order chi connectivity index (χ0) is 23.2. The van der Waals surface area contributed by atoms with Gasteiger partial charge in [0.25, 0.3) is 0 Å². The first kappa shape index (κ1) is 22.3. The van der Waals surface area contributed by atoms with Gasteiger partial charge in [-0.1, -0.05) is 36.4 Å². The summed E-state index contributed by atoms with van der Waals surface area (Å²) >= 11 is 0. The third-order valence-electron chi connectivity index (χ3n) is 5.23. The Balaban J connectivity index is 1.49. The van der Waals surface area contributed by atoms with Gasteiger partial charge in [-0.3, -0.25) is 0 Å². The van der Waals surface area contributed by atoms with Crippen LogP contribution in [0, 0.1) is 5.82 Å². The highest BCUT2D eigenvalue weighted by atomic mass is 19.1. The van der Waals surface area contributed by atoms with Crippen LogP contribution >= 0.6 is 0 Å². The summed E-state index contributed by atoms with van der Waals surface area (Å²) in [5, 5.41) is 3.36. The van der Waals surface area contributed by atoms with Crippen molar-refractivity contribution in [1.29, 1.82) is 0 Å². The molecule has 0 bridgehead atoms. The van der Waals surface area contributed by atoms with Gasteiger partial charge in [0.15, 0.2) is 5.82 Å². The second-order valence-electron chi connectivity index (χ2n) is 7.79. The fraction of sp³-hybridized carbons (Fsp3) is 0.200. The van der Waals surface area contributed by atoms with Crippen molar-refractivity contribution in [3.05, 3.63) is 90.0 Å². The summed E-state index contributed by atoms with van der Waals surface area (Å²) < 4.78 is 14.2. The molecule has 2 heterocycles. The third-order valence-corrected chi connectivity index (χ3v) is 5.23. The van der Waals surface area contributed by atoms with Gasteiger partial charge in [-0.05, 0) is 48.7 Å². The average molecular weight is 444 g/mol. The molecule has 8 heteroatoms. The molecule has 0 aliphatic carbocycles. The Bertz CT molecular complexity index is 1230. The van der Waals surface area contributed by atoms with Gasteiger partial charge in [0, 0.05) is 32.0 Å². The fourth-order valence-corrected chi connectivity index (χ4v) is 3.54. The number of benzene rings is 2. The van der Waals surface area contributed by atoms with Gasteiger partial charge in [0.2, 0.25) is 5.95 Å². The molecule has 4 aromatic rings. The molecule has 1 atom stereocenters. The van der Waals surface area contributed by atoms with E-state index in [0.29, 0.717) is 35.5 Å². The highest BCUT2D eigenvalue weighted by molar-refractivity contribution is 5.61. The molecule has 0 fully saturated rings. The van der Waals surface area contributed by atoms with Crippen molar-refractivity contribution in [1.82, 2.24) is 19.9 Å². The van der Waals surface area contributed by atoms with Crippen molar-refractivity contribution in [2.45, 2.75) is 25.9 Å². The van der Waals surface area contributed by atoms with Crippen LogP contribution in [-0.2, 0) is 13.0 Å². The second-order valence-corrected chi connectivity index (χ2v) is 7.79. The maximum atomic E-state index is 14.2. The second kappa shape index (κ2) is 10.1. The van der Waals surface area contributed by atoms with E-state index in [4.69, 9.17) is 5.73 Å². The van der Waals surface area contributed by atoms with Crippen LogP contribution < -0.4 is 16.0 Å². The Labute approximate surface area is 192 Å². The Morgan fingerprint density at radius 1 is 0.939 bits per heavy atom. The lowest BCUT2D eigenvalue weighted by molar-refractivity contribution is 0.630. The van der Waals surface area contributed by atoms with Gasteiger partial charge in [-0.25, -0.2) is 19.3 Å². The maximum Gasteiger partial charge on any atom is 0.224 e. The molecule has 0 amide bonds. The number of nitrogens with zero attached hydrogens (tertiary/aromatic N) is 5. The highest BCUT2D eigenvalue weighted by Crippen LogP contribution is 2.24. The molecule has 0 saturated carbocycles. The summed E-state index contributed by atoms with van der Waals surface area (Å²) in [5.41, 5.74) is 8.41. The van der Waals surface area contributed by atoms with Crippen LogP contribution in [0.3, 0.4) is 0 Å². The number of hydrogen-bond acceptors (Lipinski definition) is 7. The molecule has 0 unspecified atom stereocenters. The Hall–Kier alpha value is -3.91. The van der Waals surface area contributed by atoms with Crippen molar-refractivity contribution in [2.24, 2.45) is 5.73 Å². The Morgan fingerprint density at radius 3 is 2.45 bits per heavy atom. The summed E-state index contributed by atoms with van der Waals surface area (Å²) in [4.78, 5) is 19.6. The number of nitrogens with two attached hydrogens (primary N) is 1. The molecular formula is C25H26FN7. The molecule has 0 saturated heterocycles. The monoisotopic (exact) mass is 443 g/mol. The zero-order valence-corrected chi connectivity index (χ0v) is 18.6. The molecule has 0 aliphatic rings. The third kappa shape index (κ3) is 5.48. The molecule has 168 valence electrons. The zero-order valence-electron chi connectivity index (χ0n) is 18.6. The quantitative estimate of drug-likeness (QED) is 0.418. The number of nitrogens with one attached hydrogen (secondary N) is 1. The van der Waals surface area contributed by atoms with Crippen LogP contribution in [0.2, 0.25) is 0 Å². The first-order valence-corrected chi connectivity index (χ1v) is 10.7. The van der Waals surface area contributed by atoms with Crippen molar-refractivity contribution in [3.63, 3.8) is 0 Å². The van der Waals surface area contributed by atoms with Gasteiger partial charge in [-0.15, -0.1) is 0 Å². The van der Waals surface area contributed by atoms with E-state index >= 15 is 0 Å². The van der Waals surface area contributed by atoms with Crippen molar-refractivity contribution in [2.75, 3.05) is 17.3 Å². The van der Waals surface area contributed by atoms with E-state index in [0.717, 1.165) is 12.0 Å². The number of rotatable bonds is 8. The van der Waals surface area contributed by atoms with Crippen molar-refractivity contribution >= 4 is 17.6 Å². The van der Waals surface area contributed by atoms with Gasteiger partial charge in [-0.2, -0.15) is 4.98 Å². The van der Waals surface area contributed by atoms with E-state index in [1.165, 1.54) is 11.6 Å². The lowest BCUT2D eigenvalue weighted by Gasteiger charge is -2.19. The smallest absolute Gasteiger partial charge is 0.224 e.